The second kappa shape index (κ2) is 19.7. The van der Waals surface area contributed by atoms with Crippen molar-refractivity contribution in [3.63, 3.8) is 0 Å². The molecule has 4 rings (SSSR count). The van der Waals surface area contributed by atoms with Gasteiger partial charge in [0, 0.05) is 29.5 Å². The van der Waals surface area contributed by atoms with E-state index in [1.165, 1.54) is 18.7 Å². The molecule has 0 aliphatic carbocycles. The van der Waals surface area contributed by atoms with Gasteiger partial charge < -0.3 is 33.7 Å². The molecule has 2 saturated heterocycles. The molecule has 12 atom stereocenters. The summed E-state index contributed by atoms with van der Waals surface area (Å²) in [6.45, 7) is 15.0. The molecular formula is C44H62N4O10. The fraction of sp³-hybridized carbons (Fsp3) is 0.636. The van der Waals surface area contributed by atoms with Crippen LogP contribution in [0.3, 0.4) is 0 Å². The predicted octanol–water partition coefficient (Wildman–Crippen LogP) is 5.74. The van der Waals surface area contributed by atoms with Crippen molar-refractivity contribution in [3.8, 4) is 6.07 Å². The number of Topliss-reactive ketones (excluding diaryl/α,β-unsaturated/α-hetero) is 2. The molecule has 14 heteroatoms. The third kappa shape index (κ3) is 10.5. The van der Waals surface area contributed by atoms with E-state index in [0.717, 1.165) is 16.5 Å². The summed E-state index contributed by atoms with van der Waals surface area (Å²) in [5.41, 5.74) is -0.886. The second-order valence-electron chi connectivity index (χ2n) is 16.6. The number of benzene rings is 1. The molecule has 3 heterocycles. The van der Waals surface area contributed by atoms with Crippen molar-refractivity contribution >= 4 is 40.6 Å². The van der Waals surface area contributed by atoms with Gasteiger partial charge in [-0.25, -0.2) is 4.79 Å². The van der Waals surface area contributed by atoms with Crippen molar-refractivity contribution in [2.24, 2.45) is 17.8 Å². The van der Waals surface area contributed by atoms with E-state index >= 15 is 0 Å². The van der Waals surface area contributed by atoms with Gasteiger partial charge in [-0.15, -0.1) is 0 Å². The zero-order valence-electron chi connectivity index (χ0n) is 35.8. The number of nitriles is 1. The molecule has 2 fully saturated rings. The van der Waals surface area contributed by atoms with Crippen molar-refractivity contribution < 1.29 is 48.0 Å². The Labute approximate surface area is 342 Å². The van der Waals surface area contributed by atoms with Crippen LogP contribution in [0.25, 0.3) is 17.0 Å². The molecular weight excluding hydrogens is 745 g/mol. The van der Waals surface area contributed by atoms with Gasteiger partial charge in [0.2, 0.25) is 0 Å². The fourth-order valence-corrected chi connectivity index (χ4v) is 8.12. The normalized spacial score (nSPS) is 27.3. The number of aromatic nitrogens is 1. The van der Waals surface area contributed by atoms with Gasteiger partial charge in [0.25, 0.3) is 0 Å². The highest BCUT2D eigenvalue weighted by molar-refractivity contribution is 6.00. The molecule has 1 unspecified atom stereocenters. The van der Waals surface area contributed by atoms with Gasteiger partial charge in [0.15, 0.2) is 17.7 Å². The second-order valence-corrected chi connectivity index (χ2v) is 16.6. The molecule has 0 radical (unpaired) electrons. The van der Waals surface area contributed by atoms with E-state index in [1.807, 2.05) is 74.5 Å². The van der Waals surface area contributed by atoms with E-state index in [-0.39, 0.29) is 43.9 Å². The Morgan fingerprint density at radius 1 is 1.21 bits per heavy atom. The highest BCUT2D eigenvalue weighted by Gasteiger charge is 2.55. The minimum Gasteiger partial charge on any atom is -0.458 e. The summed E-state index contributed by atoms with van der Waals surface area (Å²) >= 11 is 0. The van der Waals surface area contributed by atoms with Crippen LogP contribution in [-0.4, -0.2) is 125 Å². The van der Waals surface area contributed by atoms with Gasteiger partial charge in [-0.3, -0.25) is 24.3 Å². The van der Waals surface area contributed by atoms with Crippen molar-refractivity contribution in [2.75, 3.05) is 27.2 Å². The van der Waals surface area contributed by atoms with Gasteiger partial charge in [0.1, 0.15) is 30.5 Å². The summed E-state index contributed by atoms with van der Waals surface area (Å²) in [6.07, 6.45) is 1.09. The highest BCUT2D eigenvalue weighted by Crippen LogP contribution is 2.38. The van der Waals surface area contributed by atoms with Gasteiger partial charge >= 0.3 is 12.1 Å². The molecule has 14 nitrogen and oxygen atoms in total. The topological polar surface area (TPSA) is 178 Å². The number of aliphatic hydroxyl groups excluding tert-OH is 1. The number of hydrogen-bond donors (Lipinski definition) is 1. The molecule has 1 N–H and O–H groups in total. The monoisotopic (exact) mass is 806 g/mol. The Hall–Kier alpha value is -4.26. The zero-order chi connectivity index (χ0) is 43.1. The van der Waals surface area contributed by atoms with E-state index in [0.29, 0.717) is 6.42 Å². The maximum Gasteiger partial charge on any atom is 0.411 e. The summed E-state index contributed by atoms with van der Waals surface area (Å²) in [5.74, 6) is -4.30. The van der Waals surface area contributed by atoms with Crippen LogP contribution in [0, 0.1) is 29.1 Å². The summed E-state index contributed by atoms with van der Waals surface area (Å²) in [7, 11) is 3.72. The average Bonchev–Trinajstić information content (AvgIpc) is 3.40. The number of ketones is 2. The van der Waals surface area contributed by atoms with Crippen molar-refractivity contribution in [3.05, 3.63) is 48.2 Å². The number of fused-ring (bicyclic) bond motifs is 1. The van der Waals surface area contributed by atoms with Gasteiger partial charge in [-0.2, -0.15) is 5.26 Å². The van der Waals surface area contributed by atoms with Gasteiger partial charge in [0.05, 0.1) is 42.0 Å². The molecule has 318 valence electrons. The Morgan fingerprint density at radius 2 is 1.90 bits per heavy atom. The molecule has 1 amide bonds. The highest BCUT2D eigenvalue weighted by atomic mass is 16.7. The summed E-state index contributed by atoms with van der Waals surface area (Å²) < 4.78 is 31.2. The predicted molar refractivity (Wildman–Crippen MR) is 217 cm³/mol. The number of rotatable bonds is 19. The zero-order valence-corrected chi connectivity index (χ0v) is 35.8. The minimum atomic E-state index is -1.33. The average molecular weight is 807 g/mol. The summed E-state index contributed by atoms with van der Waals surface area (Å²) in [6, 6.07) is 10.8. The van der Waals surface area contributed by atoms with Crippen LogP contribution in [0.5, 0.6) is 0 Å². The molecule has 1 aromatic carbocycles. The molecule has 2 aromatic rings. The van der Waals surface area contributed by atoms with Gasteiger partial charge in [-0.1, -0.05) is 51.1 Å². The van der Waals surface area contributed by atoms with E-state index in [4.69, 9.17) is 23.7 Å². The Balaban J connectivity index is 1.66. The van der Waals surface area contributed by atoms with E-state index in [9.17, 15) is 29.5 Å². The number of nitrogens with zero attached hydrogens (tertiary/aromatic N) is 4. The molecule has 1 aromatic heterocycles. The lowest BCUT2D eigenvalue weighted by Crippen LogP contribution is -2.59. The number of para-hydroxylation sites is 1. The number of amides is 1. The van der Waals surface area contributed by atoms with Crippen LogP contribution in [0.15, 0.2) is 42.6 Å². The van der Waals surface area contributed by atoms with Crippen molar-refractivity contribution in [2.45, 2.75) is 136 Å². The third-order valence-corrected chi connectivity index (χ3v) is 12.0. The lowest BCUT2D eigenvalue weighted by Gasteiger charge is -2.47. The summed E-state index contributed by atoms with van der Waals surface area (Å²) in [4.78, 5) is 61.5. The van der Waals surface area contributed by atoms with E-state index in [2.05, 4.69) is 4.98 Å². The SMILES string of the molecule is CC[C@@H](OC(=O)[C@H](C)C(=O)[C@H](C)[C@@H](O[C@@H]1O[C@H](C)C[C@H](N(C)C)[C@H]1O)C(C)(C[C@@H](C)C(C)=O)OC/C=C/c1cnc2ccccc2c1)[C@@]1(C)OC(=O)N(CC#N)[C@@H]1C. The lowest BCUT2D eigenvalue weighted by atomic mass is 9.78. The molecule has 0 spiro atoms. The third-order valence-electron chi connectivity index (χ3n) is 12.0. The van der Waals surface area contributed by atoms with Crippen molar-refractivity contribution in [1.82, 2.24) is 14.8 Å². The molecule has 2 aliphatic rings. The number of carbonyl (C=O) groups is 4. The van der Waals surface area contributed by atoms with Crippen LogP contribution in [-0.2, 0) is 38.1 Å². The first kappa shape index (κ1) is 46.4. The number of esters is 1. The lowest BCUT2D eigenvalue weighted by molar-refractivity contribution is -0.296. The van der Waals surface area contributed by atoms with E-state index < -0.39 is 77.4 Å². The standard InChI is InChI=1S/C44H62N4O10/c1-12-36(44(9)31(7)48(20-19-45)42(53)58-44)56-40(52)29(5)37(50)28(4)39(57-41-38(51)35(47(10)11)22-27(3)55-41)43(8,24-26(2)30(6)49)54-21-15-16-32-23-33-17-13-14-18-34(33)46-25-32/h13-18,23,25-29,31,35-36,38-39,41,51H,12,20-22,24H2,1-11H3/b16-15+/t26-,27-,28+,29-,31-,35+,36-,38-,39-,41+,43?,44+/m1/s1. The summed E-state index contributed by atoms with van der Waals surface area (Å²) in [5, 5.41) is 21.8. The molecule has 2 aliphatic heterocycles. The Bertz CT molecular complexity index is 1850. The quantitative estimate of drug-likeness (QED) is 0.103. The number of hydrogen-bond acceptors (Lipinski definition) is 13. The Morgan fingerprint density at radius 3 is 2.53 bits per heavy atom. The van der Waals surface area contributed by atoms with Crippen LogP contribution in [0.1, 0.15) is 87.1 Å². The number of cyclic esters (lactones) is 1. The molecule has 0 bridgehead atoms. The van der Waals surface area contributed by atoms with Crippen molar-refractivity contribution in [1.29, 1.82) is 5.26 Å². The first-order chi connectivity index (χ1) is 27.3. The first-order valence-corrected chi connectivity index (χ1v) is 20.2. The number of ether oxygens (including phenoxy) is 5. The van der Waals surface area contributed by atoms with Crippen LogP contribution in [0.4, 0.5) is 4.79 Å². The number of carbonyl (C=O) groups excluding carboxylic acids is 4. The largest absolute Gasteiger partial charge is 0.458 e. The fourth-order valence-electron chi connectivity index (χ4n) is 8.12. The van der Waals surface area contributed by atoms with Crippen LogP contribution in [0.2, 0.25) is 0 Å². The van der Waals surface area contributed by atoms with E-state index in [1.54, 1.807) is 47.7 Å². The minimum absolute atomic E-state index is 0.0631. The molecule has 0 saturated carbocycles. The number of likely N-dealkylation sites (N-methyl/N-ethyl adjacent to an activating group) is 1. The maximum atomic E-state index is 14.5. The maximum absolute atomic E-state index is 14.5. The number of aliphatic hydroxyl groups is 1. The molecule has 58 heavy (non-hydrogen) atoms. The number of pyridine rings is 1. The van der Waals surface area contributed by atoms with Gasteiger partial charge in [-0.05, 0) is 92.6 Å². The smallest absolute Gasteiger partial charge is 0.411 e. The van der Waals surface area contributed by atoms with Crippen LogP contribution >= 0.6 is 0 Å². The Kier molecular flexibility index (Phi) is 15.7. The first-order valence-electron chi connectivity index (χ1n) is 20.2. The van der Waals surface area contributed by atoms with Crippen LogP contribution < -0.4 is 0 Å².